The van der Waals surface area contributed by atoms with Gasteiger partial charge in [0, 0.05) is 25.5 Å². The average Bonchev–Trinajstić information content (AvgIpc) is 3.03. The summed E-state index contributed by atoms with van der Waals surface area (Å²) in [4.78, 5) is 4.26. The van der Waals surface area contributed by atoms with Crippen molar-refractivity contribution >= 4 is 17.2 Å². The van der Waals surface area contributed by atoms with Gasteiger partial charge in [-0.05, 0) is 18.2 Å². The van der Waals surface area contributed by atoms with Gasteiger partial charge in [-0.15, -0.1) is 0 Å². The van der Waals surface area contributed by atoms with Crippen molar-refractivity contribution in [2.45, 2.75) is 26.1 Å². The second-order valence-electron chi connectivity index (χ2n) is 4.80. The van der Waals surface area contributed by atoms with Crippen LogP contribution in [-0.2, 0) is 19.6 Å². The minimum Gasteiger partial charge on any atom is -0.305 e. The molecule has 0 atom stereocenters. The predicted octanol–water partition coefficient (Wildman–Crippen LogP) is 2.74. The first kappa shape index (κ1) is 14.9. The number of aromatic nitrogens is 4. The molecule has 3 aromatic rings. The van der Waals surface area contributed by atoms with Crippen LogP contribution in [0.2, 0.25) is 5.15 Å². The minimum absolute atomic E-state index is 0.390. The van der Waals surface area contributed by atoms with Crippen LogP contribution in [0.15, 0.2) is 36.7 Å². The zero-order chi connectivity index (χ0) is 15.5. The van der Waals surface area contributed by atoms with Gasteiger partial charge >= 0.3 is 0 Å². The number of halogens is 3. The van der Waals surface area contributed by atoms with Gasteiger partial charge in [0.05, 0.1) is 11.4 Å². The molecule has 0 aliphatic carbocycles. The molecule has 22 heavy (non-hydrogen) atoms. The fraction of sp³-hybridized carbons (Fsp3) is 0.286. The van der Waals surface area contributed by atoms with E-state index < -0.39 is 6.43 Å². The van der Waals surface area contributed by atoms with Gasteiger partial charge in [-0.25, -0.2) is 13.8 Å². The van der Waals surface area contributed by atoms with Crippen molar-refractivity contribution < 1.29 is 8.78 Å². The van der Waals surface area contributed by atoms with Crippen LogP contribution in [0.25, 0.3) is 5.65 Å². The van der Waals surface area contributed by atoms with Crippen molar-refractivity contribution in [2.24, 2.45) is 0 Å². The summed E-state index contributed by atoms with van der Waals surface area (Å²) in [5.41, 5.74) is 2.33. The second-order valence-corrected chi connectivity index (χ2v) is 5.16. The number of nitrogens with zero attached hydrogens (tertiary/aromatic N) is 4. The zero-order valence-electron chi connectivity index (χ0n) is 11.6. The molecule has 0 bridgehead atoms. The number of hydrogen-bond donors (Lipinski definition) is 1. The SMILES string of the molecule is FC(F)Cn1ccc(CNCc2c(Cl)nc3ccccn23)n1. The molecule has 0 aromatic carbocycles. The van der Waals surface area contributed by atoms with Crippen LogP contribution in [0.1, 0.15) is 11.4 Å². The van der Waals surface area contributed by atoms with Crippen LogP contribution < -0.4 is 5.32 Å². The van der Waals surface area contributed by atoms with Gasteiger partial charge < -0.3 is 9.72 Å². The maximum absolute atomic E-state index is 12.3. The van der Waals surface area contributed by atoms with Gasteiger partial charge in [0.2, 0.25) is 0 Å². The molecule has 0 saturated carbocycles. The molecule has 0 aliphatic rings. The van der Waals surface area contributed by atoms with Gasteiger partial charge in [0.15, 0.2) is 5.15 Å². The maximum Gasteiger partial charge on any atom is 0.257 e. The lowest BCUT2D eigenvalue weighted by molar-refractivity contribution is 0.121. The summed E-state index contributed by atoms with van der Waals surface area (Å²) in [6.07, 6.45) is 1.03. The molecule has 0 unspecified atom stereocenters. The first-order valence-electron chi connectivity index (χ1n) is 6.76. The van der Waals surface area contributed by atoms with E-state index in [4.69, 9.17) is 11.6 Å². The van der Waals surface area contributed by atoms with Gasteiger partial charge in [-0.2, -0.15) is 5.10 Å². The van der Waals surface area contributed by atoms with Gasteiger partial charge in [-0.1, -0.05) is 17.7 Å². The predicted molar refractivity (Wildman–Crippen MR) is 79.0 cm³/mol. The highest BCUT2D eigenvalue weighted by molar-refractivity contribution is 6.30. The third-order valence-corrected chi connectivity index (χ3v) is 3.50. The molecule has 0 spiro atoms. The maximum atomic E-state index is 12.3. The summed E-state index contributed by atoms with van der Waals surface area (Å²) >= 11 is 6.14. The second kappa shape index (κ2) is 6.41. The van der Waals surface area contributed by atoms with E-state index in [0.717, 1.165) is 11.3 Å². The van der Waals surface area contributed by atoms with Crippen LogP contribution in [0, 0.1) is 0 Å². The van der Waals surface area contributed by atoms with E-state index >= 15 is 0 Å². The largest absolute Gasteiger partial charge is 0.305 e. The highest BCUT2D eigenvalue weighted by Gasteiger charge is 2.10. The summed E-state index contributed by atoms with van der Waals surface area (Å²) in [6.45, 7) is 0.581. The van der Waals surface area contributed by atoms with E-state index in [0.29, 0.717) is 23.9 Å². The Kier molecular flexibility index (Phi) is 4.35. The molecule has 3 rings (SSSR count). The van der Waals surface area contributed by atoms with Gasteiger partial charge in [0.1, 0.15) is 12.2 Å². The van der Waals surface area contributed by atoms with Crippen molar-refractivity contribution in [3.63, 3.8) is 0 Å². The summed E-state index contributed by atoms with van der Waals surface area (Å²) < 4.78 is 27.7. The molecule has 8 heteroatoms. The van der Waals surface area contributed by atoms with Gasteiger partial charge in [-0.3, -0.25) is 4.68 Å². The molecular formula is C14H14ClF2N5. The summed E-state index contributed by atoms with van der Waals surface area (Å²) in [5.74, 6) is 0. The van der Waals surface area contributed by atoms with Gasteiger partial charge in [0.25, 0.3) is 6.43 Å². The van der Waals surface area contributed by atoms with Crippen molar-refractivity contribution in [3.8, 4) is 0 Å². The summed E-state index contributed by atoms with van der Waals surface area (Å²) in [5, 5.41) is 7.71. The Balaban J connectivity index is 1.62. The third kappa shape index (κ3) is 3.26. The van der Waals surface area contributed by atoms with E-state index in [2.05, 4.69) is 15.4 Å². The number of hydrogen-bond acceptors (Lipinski definition) is 3. The Bertz CT molecular complexity index is 768. The molecule has 0 saturated heterocycles. The smallest absolute Gasteiger partial charge is 0.257 e. The van der Waals surface area contributed by atoms with E-state index in [1.807, 2.05) is 28.8 Å². The van der Waals surface area contributed by atoms with Crippen molar-refractivity contribution in [3.05, 3.63) is 53.2 Å². The topological polar surface area (TPSA) is 47.2 Å². The quantitative estimate of drug-likeness (QED) is 0.758. The number of alkyl halides is 2. The third-order valence-electron chi connectivity index (χ3n) is 3.20. The normalized spacial score (nSPS) is 11.6. The summed E-state index contributed by atoms with van der Waals surface area (Å²) in [6, 6.07) is 7.39. The first-order valence-corrected chi connectivity index (χ1v) is 7.14. The molecular weight excluding hydrogens is 312 g/mol. The number of imidazole rings is 1. The number of nitrogens with one attached hydrogen (secondary N) is 1. The fourth-order valence-corrected chi connectivity index (χ4v) is 2.47. The van der Waals surface area contributed by atoms with Crippen LogP contribution in [0.5, 0.6) is 0 Å². The number of fused-ring (bicyclic) bond motifs is 1. The van der Waals surface area contributed by atoms with E-state index in [1.165, 1.54) is 4.68 Å². The molecule has 5 nitrogen and oxygen atoms in total. The highest BCUT2D eigenvalue weighted by atomic mass is 35.5. The Labute approximate surface area is 130 Å². The first-order chi connectivity index (χ1) is 10.6. The Morgan fingerprint density at radius 2 is 2.05 bits per heavy atom. The number of pyridine rings is 1. The fourth-order valence-electron chi connectivity index (χ4n) is 2.23. The molecule has 0 aliphatic heterocycles. The molecule has 0 radical (unpaired) electrons. The average molecular weight is 326 g/mol. The molecule has 1 N–H and O–H groups in total. The van der Waals surface area contributed by atoms with Crippen LogP contribution in [0.4, 0.5) is 8.78 Å². The number of rotatable bonds is 6. The lowest BCUT2D eigenvalue weighted by Gasteiger charge is -2.04. The standard InChI is InChI=1S/C14H14ClF2N5/c15-14-11(22-5-2-1-3-13(22)19-14)8-18-7-10-4-6-21(20-10)9-12(16)17/h1-6,12,18H,7-9H2. The van der Waals surface area contributed by atoms with E-state index in [-0.39, 0.29) is 6.54 Å². The molecule has 3 aromatic heterocycles. The van der Waals surface area contributed by atoms with E-state index in [9.17, 15) is 8.78 Å². The Hall–Kier alpha value is -1.99. The lowest BCUT2D eigenvalue weighted by Crippen LogP contribution is -2.15. The molecule has 0 amide bonds. The van der Waals surface area contributed by atoms with Crippen molar-refractivity contribution in [1.29, 1.82) is 0 Å². The van der Waals surface area contributed by atoms with Crippen LogP contribution in [-0.4, -0.2) is 25.6 Å². The zero-order valence-corrected chi connectivity index (χ0v) is 12.3. The van der Waals surface area contributed by atoms with Crippen molar-refractivity contribution in [1.82, 2.24) is 24.5 Å². The van der Waals surface area contributed by atoms with Crippen molar-refractivity contribution in [2.75, 3.05) is 0 Å². The Morgan fingerprint density at radius 3 is 2.86 bits per heavy atom. The minimum atomic E-state index is -2.40. The Morgan fingerprint density at radius 1 is 1.18 bits per heavy atom. The van der Waals surface area contributed by atoms with Crippen LogP contribution in [0.3, 0.4) is 0 Å². The van der Waals surface area contributed by atoms with Crippen LogP contribution >= 0.6 is 11.6 Å². The monoisotopic (exact) mass is 325 g/mol. The highest BCUT2D eigenvalue weighted by Crippen LogP contribution is 2.17. The van der Waals surface area contributed by atoms with E-state index in [1.54, 1.807) is 12.3 Å². The molecule has 116 valence electrons. The summed E-state index contributed by atoms with van der Waals surface area (Å²) in [7, 11) is 0. The lowest BCUT2D eigenvalue weighted by atomic mass is 10.4. The molecule has 3 heterocycles. The molecule has 0 fully saturated rings.